The molecule has 0 bridgehead atoms. The Morgan fingerprint density at radius 2 is 2.20 bits per heavy atom. The summed E-state index contributed by atoms with van der Waals surface area (Å²) in [5.41, 5.74) is 1.88. The molecule has 0 radical (unpaired) electrons. The summed E-state index contributed by atoms with van der Waals surface area (Å²) >= 11 is 0. The van der Waals surface area contributed by atoms with Gasteiger partial charge >= 0.3 is 0 Å². The number of rotatable bonds is 7. The lowest BCUT2D eigenvalue weighted by Crippen LogP contribution is -2.29. The van der Waals surface area contributed by atoms with Crippen LogP contribution in [0.15, 0.2) is 24.3 Å². The van der Waals surface area contributed by atoms with Gasteiger partial charge in [0.1, 0.15) is 0 Å². The fourth-order valence-corrected chi connectivity index (χ4v) is 1.92. The summed E-state index contributed by atoms with van der Waals surface area (Å²) in [6, 6.07) is 7.77. The molecule has 20 heavy (non-hydrogen) atoms. The van der Waals surface area contributed by atoms with Gasteiger partial charge in [0, 0.05) is 12.8 Å². The van der Waals surface area contributed by atoms with Crippen LogP contribution in [0.25, 0.3) is 0 Å². The van der Waals surface area contributed by atoms with E-state index in [2.05, 4.69) is 10.6 Å². The molecule has 0 heterocycles. The Morgan fingerprint density at radius 3 is 2.85 bits per heavy atom. The quantitative estimate of drug-likeness (QED) is 0.814. The van der Waals surface area contributed by atoms with E-state index in [1.54, 1.807) is 7.11 Å². The molecule has 2 N–H and O–H groups in total. The highest BCUT2D eigenvalue weighted by Gasteiger charge is 2.20. The smallest absolute Gasteiger partial charge is 0.238 e. The molecule has 1 aliphatic carbocycles. The summed E-state index contributed by atoms with van der Waals surface area (Å²) in [4.78, 5) is 11.8. The van der Waals surface area contributed by atoms with Crippen molar-refractivity contribution < 1.29 is 9.53 Å². The molecule has 1 unspecified atom stereocenters. The molecule has 4 nitrogen and oxygen atoms in total. The summed E-state index contributed by atoms with van der Waals surface area (Å²) in [5, 5.41) is 6.08. The van der Waals surface area contributed by atoms with E-state index in [9.17, 15) is 4.79 Å². The van der Waals surface area contributed by atoms with Gasteiger partial charge in [-0.25, -0.2) is 0 Å². The molecule has 1 saturated carbocycles. The minimum atomic E-state index is 0. The zero-order valence-electron chi connectivity index (χ0n) is 12.0. The second-order valence-electron chi connectivity index (χ2n) is 5.13. The standard InChI is InChI=1S/C15H22N2O2.ClH/c1-11(19-2)13-4-3-5-14(8-13)17-15(18)10-16-9-12-6-7-12;/h3-5,8,11-12,16H,6-7,9-10H2,1-2H3,(H,17,18);1H. The number of carbonyl (C=O) groups excluding carboxylic acids is 1. The van der Waals surface area contributed by atoms with E-state index in [1.807, 2.05) is 31.2 Å². The van der Waals surface area contributed by atoms with Crippen molar-refractivity contribution in [3.05, 3.63) is 29.8 Å². The number of nitrogens with one attached hydrogen (secondary N) is 2. The second kappa shape index (κ2) is 8.25. The Bertz CT molecular complexity index is 436. The van der Waals surface area contributed by atoms with Crippen molar-refractivity contribution in [2.45, 2.75) is 25.9 Å². The monoisotopic (exact) mass is 298 g/mol. The highest BCUT2D eigenvalue weighted by atomic mass is 35.5. The predicted octanol–water partition coefficient (Wildman–Crippen LogP) is 2.75. The fourth-order valence-electron chi connectivity index (χ4n) is 1.92. The van der Waals surface area contributed by atoms with Gasteiger partial charge in [0.05, 0.1) is 12.6 Å². The first-order chi connectivity index (χ1) is 9.19. The molecule has 1 fully saturated rings. The second-order valence-corrected chi connectivity index (χ2v) is 5.13. The summed E-state index contributed by atoms with van der Waals surface area (Å²) < 4.78 is 5.27. The average molecular weight is 299 g/mol. The van der Waals surface area contributed by atoms with Crippen LogP contribution < -0.4 is 10.6 Å². The molecule has 0 aromatic heterocycles. The van der Waals surface area contributed by atoms with Gasteiger partial charge in [-0.3, -0.25) is 4.79 Å². The molecule has 1 amide bonds. The van der Waals surface area contributed by atoms with Crippen LogP contribution in [0.4, 0.5) is 5.69 Å². The highest BCUT2D eigenvalue weighted by Crippen LogP contribution is 2.27. The molecule has 112 valence electrons. The first-order valence-electron chi connectivity index (χ1n) is 6.82. The predicted molar refractivity (Wildman–Crippen MR) is 83.3 cm³/mol. The molecule has 1 atom stereocenters. The number of hydrogen-bond acceptors (Lipinski definition) is 3. The molecule has 5 heteroatoms. The van der Waals surface area contributed by atoms with Crippen molar-refractivity contribution in [3.63, 3.8) is 0 Å². The third kappa shape index (κ3) is 5.49. The average Bonchev–Trinajstić information content (AvgIpc) is 3.22. The van der Waals surface area contributed by atoms with Crippen molar-refractivity contribution in [2.24, 2.45) is 5.92 Å². The van der Waals surface area contributed by atoms with Crippen LogP contribution in [-0.2, 0) is 9.53 Å². The number of benzene rings is 1. The lowest BCUT2D eigenvalue weighted by molar-refractivity contribution is -0.115. The van der Waals surface area contributed by atoms with Gasteiger partial charge in [0.15, 0.2) is 0 Å². The Labute approximate surface area is 126 Å². The van der Waals surface area contributed by atoms with E-state index in [1.165, 1.54) is 12.8 Å². The van der Waals surface area contributed by atoms with E-state index in [-0.39, 0.29) is 24.4 Å². The van der Waals surface area contributed by atoms with Gasteiger partial charge in [-0.15, -0.1) is 12.4 Å². The molecule has 0 saturated heterocycles. The highest BCUT2D eigenvalue weighted by molar-refractivity contribution is 5.92. The van der Waals surface area contributed by atoms with Crippen LogP contribution >= 0.6 is 12.4 Å². The maximum absolute atomic E-state index is 11.8. The third-order valence-electron chi connectivity index (χ3n) is 3.41. The van der Waals surface area contributed by atoms with Crippen molar-refractivity contribution in [2.75, 3.05) is 25.5 Å². The van der Waals surface area contributed by atoms with Gasteiger partial charge in [-0.05, 0) is 49.9 Å². The topological polar surface area (TPSA) is 50.4 Å². The van der Waals surface area contributed by atoms with Crippen molar-refractivity contribution in [1.29, 1.82) is 0 Å². The van der Waals surface area contributed by atoms with Crippen molar-refractivity contribution >= 4 is 24.0 Å². The van der Waals surface area contributed by atoms with Crippen LogP contribution in [0.1, 0.15) is 31.4 Å². The molecular weight excluding hydrogens is 276 g/mol. The van der Waals surface area contributed by atoms with Gasteiger partial charge in [-0.1, -0.05) is 12.1 Å². The first-order valence-corrected chi connectivity index (χ1v) is 6.82. The van der Waals surface area contributed by atoms with Crippen LogP contribution in [-0.4, -0.2) is 26.1 Å². The summed E-state index contributed by atoms with van der Waals surface area (Å²) in [6.07, 6.45) is 2.63. The number of methoxy groups -OCH3 is 1. The summed E-state index contributed by atoms with van der Waals surface area (Å²) in [6.45, 7) is 3.31. The first kappa shape index (κ1) is 17.0. The van der Waals surface area contributed by atoms with E-state index < -0.39 is 0 Å². The van der Waals surface area contributed by atoms with Gasteiger partial charge in [0.25, 0.3) is 0 Å². The molecule has 0 aliphatic heterocycles. The van der Waals surface area contributed by atoms with E-state index in [0.29, 0.717) is 6.54 Å². The van der Waals surface area contributed by atoms with Crippen LogP contribution in [0.2, 0.25) is 0 Å². The fraction of sp³-hybridized carbons (Fsp3) is 0.533. The number of halogens is 1. The Hall–Kier alpha value is -1.10. The van der Waals surface area contributed by atoms with Gasteiger partial charge < -0.3 is 15.4 Å². The van der Waals surface area contributed by atoms with Crippen LogP contribution in [0.5, 0.6) is 0 Å². The Balaban J connectivity index is 0.00000200. The van der Waals surface area contributed by atoms with Gasteiger partial charge in [0.2, 0.25) is 5.91 Å². The Kier molecular flexibility index (Phi) is 6.99. The molecule has 0 spiro atoms. The van der Waals surface area contributed by atoms with E-state index in [4.69, 9.17) is 4.74 Å². The number of carbonyl (C=O) groups is 1. The minimum Gasteiger partial charge on any atom is -0.377 e. The molecule has 1 aromatic rings. The van der Waals surface area contributed by atoms with Crippen LogP contribution in [0.3, 0.4) is 0 Å². The minimum absolute atomic E-state index is 0. The van der Waals surface area contributed by atoms with Crippen molar-refractivity contribution in [1.82, 2.24) is 5.32 Å². The maximum atomic E-state index is 11.8. The Morgan fingerprint density at radius 1 is 1.45 bits per heavy atom. The SMILES string of the molecule is COC(C)c1cccc(NC(=O)CNCC2CC2)c1.Cl. The largest absolute Gasteiger partial charge is 0.377 e. The van der Waals surface area contributed by atoms with E-state index >= 15 is 0 Å². The number of anilines is 1. The third-order valence-corrected chi connectivity index (χ3v) is 3.41. The maximum Gasteiger partial charge on any atom is 0.238 e. The summed E-state index contributed by atoms with van der Waals surface area (Å²) in [5.74, 6) is 0.793. The molecule has 1 aliphatic rings. The van der Waals surface area contributed by atoms with Crippen LogP contribution in [0, 0.1) is 5.92 Å². The molecular formula is C15H23ClN2O2. The number of amides is 1. The number of ether oxygens (including phenoxy) is 1. The lowest BCUT2D eigenvalue weighted by atomic mass is 10.1. The van der Waals surface area contributed by atoms with Gasteiger partial charge in [-0.2, -0.15) is 0 Å². The zero-order valence-corrected chi connectivity index (χ0v) is 12.8. The lowest BCUT2D eigenvalue weighted by Gasteiger charge is -2.12. The normalized spacial score (nSPS) is 15.3. The zero-order chi connectivity index (χ0) is 13.7. The number of hydrogen-bond donors (Lipinski definition) is 2. The summed E-state index contributed by atoms with van der Waals surface area (Å²) in [7, 11) is 1.68. The molecule has 2 rings (SSSR count). The van der Waals surface area contributed by atoms with E-state index in [0.717, 1.165) is 23.7 Å². The molecule has 1 aromatic carbocycles. The van der Waals surface area contributed by atoms with Crippen molar-refractivity contribution in [3.8, 4) is 0 Å².